The van der Waals surface area contributed by atoms with Crippen molar-refractivity contribution >= 4 is 11.8 Å². The van der Waals surface area contributed by atoms with Gasteiger partial charge in [0, 0.05) is 17.4 Å². The van der Waals surface area contributed by atoms with Gasteiger partial charge in [0.1, 0.15) is 5.76 Å². The zero-order valence-electron chi connectivity index (χ0n) is 23.2. The summed E-state index contributed by atoms with van der Waals surface area (Å²) in [6.07, 6.45) is 11.5. The van der Waals surface area contributed by atoms with Gasteiger partial charge < -0.3 is 9.26 Å². The fraction of sp³-hybridized carbons (Fsp3) is 0.774. The molecule has 0 spiro atoms. The zero-order chi connectivity index (χ0) is 25.9. The second-order valence-electron chi connectivity index (χ2n) is 14.6. The van der Waals surface area contributed by atoms with Crippen molar-refractivity contribution < 1.29 is 18.8 Å². The van der Waals surface area contributed by atoms with E-state index in [2.05, 4.69) is 52.8 Å². The molecule has 0 aliphatic heterocycles. The summed E-state index contributed by atoms with van der Waals surface area (Å²) < 4.78 is 11.1. The lowest BCUT2D eigenvalue weighted by Gasteiger charge is -2.68. The highest BCUT2D eigenvalue weighted by molar-refractivity contribution is 5.96. The Morgan fingerprint density at radius 2 is 1.78 bits per heavy atom. The predicted molar refractivity (Wildman–Crippen MR) is 137 cm³/mol. The van der Waals surface area contributed by atoms with Crippen LogP contribution in [0, 0.1) is 44.8 Å². The summed E-state index contributed by atoms with van der Waals surface area (Å²) in [5.41, 5.74) is 1.83. The number of carbonyl (C=O) groups excluding carboxylic acids is 2. The first-order chi connectivity index (χ1) is 16.8. The maximum Gasteiger partial charge on any atom is 0.312 e. The minimum Gasteiger partial charge on any atom is -0.469 e. The molecule has 3 saturated carbocycles. The SMILES string of the molecule is COC(=O)[C@]12CCC(C)(C)C[C@H]1[C@H]1C(=O)C=C3[C@@]4(C)Cc5cnoc5[C@@H](C)[C@@H]4CC[C@@]3(C)[C@]1(C)CC2. The molecule has 5 nitrogen and oxygen atoms in total. The monoisotopic (exact) mass is 493 g/mol. The Morgan fingerprint density at radius 3 is 2.50 bits per heavy atom. The van der Waals surface area contributed by atoms with Crippen molar-refractivity contribution in [1.29, 1.82) is 0 Å². The zero-order valence-corrected chi connectivity index (χ0v) is 23.2. The number of hydrogen-bond acceptors (Lipinski definition) is 5. The van der Waals surface area contributed by atoms with Crippen LogP contribution in [-0.4, -0.2) is 24.0 Å². The molecular weight excluding hydrogens is 450 g/mol. The van der Waals surface area contributed by atoms with Gasteiger partial charge in [0.25, 0.3) is 0 Å². The van der Waals surface area contributed by atoms with Crippen LogP contribution in [-0.2, 0) is 20.7 Å². The first kappa shape index (κ1) is 24.4. The lowest BCUT2D eigenvalue weighted by molar-refractivity contribution is -0.191. The number of allylic oxidation sites excluding steroid dienone is 2. The fourth-order valence-corrected chi connectivity index (χ4v) is 10.4. The normalized spacial score (nSPS) is 46.9. The van der Waals surface area contributed by atoms with Gasteiger partial charge >= 0.3 is 5.97 Å². The third kappa shape index (κ3) is 2.81. The summed E-state index contributed by atoms with van der Waals surface area (Å²) in [5, 5.41) is 4.14. The second kappa shape index (κ2) is 7.35. The molecule has 0 aromatic carbocycles. The number of fused-ring (bicyclic) bond motifs is 8. The molecule has 196 valence electrons. The number of methoxy groups -OCH3 is 1. The second-order valence-corrected chi connectivity index (χ2v) is 14.6. The molecule has 0 unspecified atom stereocenters. The molecule has 1 heterocycles. The van der Waals surface area contributed by atoms with Crippen molar-refractivity contribution in [1.82, 2.24) is 5.16 Å². The Kier molecular flexibility index (Phi) is 4.99. The molecule has 5 aliphatic carbocycles. The van der Waals surface area contributed by atoms with Crippen LogP contribution < -0.4 is 0 Å². The van der Waals surface area contributed by atoms with E-state index in [9.17, 15) is 9.59 Å². The third-order valence-electron chi connectivity index (χ3n) is 12.6. The number of ketones is 1. The van der Waals surface area contributed by atoms with Crippen molar-refractivity contribution in [2.45, 2.75) is 98.8 Å². The largest absolute Gasteiger partial charge is 0.469 e. The molecule has 0 radical (unpaired) electrons. The van der Waals surface area contributed by atoms with Crippen LogP contribution in [0.4, 0.5) is 0 Å². The molecule has 5 heteroatoms. The molecule has 8 atom stereocenters. The predicted octanol–water partition coefficient (Wildman–Crippen LogP) is 6.67. The molecule has 1 aromatic rings. The maximum absolute atomic E-state index is 14.4. The topological polar surface area (TPSA) is 69.4 Å². The molecular formula is C31H43NO4. The highest BCUT2D eigenvalue weighted by Crippen LogP contribution is 2.74. The summed E-state index contributed by atoms with van der Waals surface area (Å²) in [4.78, 5) is 27.8. The molecule has 0 bridgehead atoms. The quantitative estimate of drug-likeness (QED) is 0.409. The summed E-state index contributed by atoms with van der Waals surface area (Å²) >= 11 is 0. The molecule has 0 N–H and O–H groups in total. The van der Waals surface area contributed by atoms with E-state index in [0.29, 0.717) is 11.8 Å². The average molecular weight is 494 g/mol. The van der Waals surface area contributed by atoms with Crippen LogP contribution in [0.2, 0.25) is 0 Å². The van der Waals surface area contributed by atoms with E-state index in [-0.39, 0.29) is 45.2 Å². The van der Waals surface area contributed by atoms with Gasteiger partial charge in [-0.3, -0.25) is 9.59 Å². The molecule has 6 rings (SSSR count). The standard InChI is InChI=1S/C31H43NO4/c1-18-20-8-9-29(5)23(28(20,4)15-19-17-32-36-25(18)19)14-22(33)24-21-16-27(2,3)10-12-31(21,26(34)35-7)13-11-30(24,29)6/h14,17-18,20-21,24H,8-13,15-16H2,1-7H3/t18-,20-,21-,24-,28-,29+,30+,31-/m0/s1. The van der Waals surface area contributed by atoms with Crippen LogP contribution in [0.15, 0.2) is 22.4 Å². The summed E-state index contributed by atoms with van der Waals surface area (Å²) in [5.74, 6) is 1.85. The van der Waals surface area contributed by atoms with Crippen molar-refractivity contribution in [2.24, 2.45) is 44.8 Å². The number of nitrogens with zero attached hydrogens (tertiary/aromatic N) is 1. The number of rotatable bonds is 1. The Labute approximate surface area is 215 Å². The van der Waals surface area contributed by atoms with Gasteiger partial charge in [-0.05, 0) is 90.9 Å². The highest BCUT2D eigenvalue weighted by atomic mass is 16.5. The third-order valence-corrected chi connectivity index (χ3v) is 12.6. The van der Waals surface area contributed by atoms with Gasteiger partial charge in [-0.15, -0.1) is 0 Å². The Morgan fingerprint density at radius 1 is 1.06 bits per heavy atom. The van der Waals surface area contributed by atoms with Gasteiger partial charge in [0.2, 0.25) is 0 Å². The Hall–Kier alpha value is -1.91. The number of carbonyl (C=O) groups is 2. The van der Waals surface area contributed by atoms with Gasteiger partial charge in [-0.2, -0.15) is 0 Å². The van der Waals surface area contributed by atoms with Crippen molar-refractivity contribution in [3.63, 3.8) is 0 Å². The van der Waals surface area contributed by atoms with E-state index in [1.165, 1.54) is 18.2 Å². The van der Waals surface area contributed by atoms with Gasteiger partial charge in [-0.25, -0.2) is 0 Å². The van der Waals surface area contributed by atoms with E-state index in [0.717, 1.165) is 57.1 Å². The van der Waals surface area contributed by atoms with E-state index < -0.39 is 5.41 Å². The molecule has 0 saturated heterocycles. The van der Waals surface area contributed by atoms with E-state index in [1.807, 2.05) is 6.20 Å². The summed E-state index contributed by atoms with van der Waals surface area (Å²) in [7, 11) is 1.52. The minimum absolute atomic E-state index is 0.0371. The van der Waals surface area contributed by atoms with E-state index >= 15 is 0 Å². The van der Waals surface area contributed by atoms with Gasteiger partial charge in [0.05, 0.1) is 18.7 Å². The van der Waals surface area contributed by atoms with Crippen LogP contribution in [0.25, 0.3) is 0 Å². The van der Waals surface area contributed by atoms with E-state index in [1.54, 1.807) is 0 Å². The van der Waals surface area contributed by atoms with Crippen LogP contribution in [0.1, 0.15) is 104 Å². The van der Waals surface area contributed by atoms with Gasteiger partial charge in [0.15, 0.2) is 5.78 Å². The number of hydrogen-bond donors (Lipinski definition) is 0. The summed E-state index contributed by atoms with van der Waals surface area (Å²) in [6, 6.07) is 0. The first-order valence-electron chi connectivity index (χ1n) is 14.1. The first-order valence-corrected chi connectivity index (χ1v) is 14.1. The molecule has 36 heavy (non-hydrogen) atoms. The summed E-state index contributed by atoms with van der Waals surface area (Å²) in [6.45, 7) is 14.1. The smallest absolute Gasteiger partial charge is 0.312 e. The van der Waals surface area contributed by atoms with Crippen LogP contribution in [0.5, 0.6) is 0 Å². The van der Waals surface area contributed by atoms with Crippen molar-refractivity contribution in [2.75, 3.05) is 7.11 Å². The highest BCUT2D eigenvalue weighted by Gasteiger charge is 2.70. The molecule has 3 fully saturated rings. The van der Waals surface area contributed by atoms with Crippen molar-refractivity contribution in [3.05, 3.63) is 29.2 Å². The number of aromatic nitrogens is 1. The van der Waals surface area contributed by atoms with Crippen molar-refractivity contribution in [3.8, 4) is 0 Å². The lowest BCUT2D eigenvalue weighted by Crippen LogP contribution is -2.65. The number of ether oxygens (including phenoxy) is 1. The maximum atomic E-state index is 14.4. The van der Waals surface area contributed by atoms with Crippen LogP contribution in [0.3, 0.4) is 0 Å². The van der Waals surface area contributed by atoms with E-state index in [4.69, 9.17) is 9.26 Å². The fourth-order valence-electron chi connectivity index (χ4n) is 10.4. The number of esters is 1. The minimum atomic E-state index is -0.524. The van der Waals surface area contributed by atoms with Gasteiger partial charge in [-0.1, -0.05) is 52.3 Å². The molecule has 0 amide bonds. The van der Waals surface area contributed by atoms with Crippen LogP contribution >= 0.6 is 0 Å². The lowest BCUT2D eigenvalue weighted by atomic mass is 9.34. The Balaban J connectivity index is 1.50. The average Bonchev–Trinajstić information content (AvgIpc) is 3.28. The molecule has 5 aliphatic rings. The Bertz CT molecular complexity index is 1160. The molecule has 1 aromatic heterocycles.